The molecule has 3 heterocycles. The zero-order chi connectivity index (χ0) is 25.2. The third-order valence-corrected chi connectivity index (χ3v) is 7.09. The molecule has 10 heteroatoms. The third-order valence-electron chi connectivity index (χ3n) is 5.64. The Bertz CT molecular complexity index is 1380. The number of ether oxygens (including phenoxy) is 1. The number of amides is 3. The van der Waals surface area contributed by atoms with Crippen LogP contribution in [0.5, 0.6) is 5.75 Å². The number of nitrogens with zero attached hydrogens (tertiary/aromatic N) is 2. The van der Waals surface area contributed by atoms with Gasteiger partial charge in [0.1, 0.15) is 22.4 Å². The first-order valence-corrected chi connectivity index (χ1v) is 12.4. The topological polar surface area (TPSA) is 92.1 Å². The van der Waals surface area contributed by atoms with Crippen molar-refractivity contribution in [3.8, 4) is 5.75 Å². The number of furan rings is 1. The molecule has 3 aromatic rings. The maximum Gasteiger partial charge on any atom is 0.267 e. The van der Waals surface area contributed by atoms with Crippen LogP contribution in [-0.4, -0.2) is 40.1 Å². The minimum Gasteiger partial charge on any atom is -0.494 e. The molecule has 1 N–H and O–H groups in total. The summed E-state index contributed by atoms with van der Waals surface area (Å²) < 4.78 is 11.1. The zero-order valence-electron chi connectivity index (χ0n) is 19.2. The molecule has 0 bridgehead atoms. The third kappa shape index (κ3) is 4.52. The van der Waals surface area contributed by atoms with E-state index in [9.17, 15) is 14.4 Å². The summed E-state index contributed by atoms with van der Waals surface area (Å²) in [4.78, 5) is 42.7. The number of fused-ring (bicyclic) bond motifs is 1. The van der Waals surface area contributed by atoms with Gasteiger partial charge in [0.05, 0.1) is 35.6 Å². The van der Waals surface area contributed by atoms with Gasteiger partial charge in [0.15, 0.2) is 0 Å². The number of para-hydroxylation sites is 1. The SMILES string of the molecule is CCOc1ccc(NC(=O)CN2C(=O)C(=C3SC(=S)N(Cc4ccco4)C3=O)c3ccccc32)cc1. The summed E-state index contributed by atoms with van der Waals surface area (Å²) in [7, 11) is 0. The van der Waals surface area contributed by atoms with Crippen molar-refractivity contribution in [3.63, 3.8) is 0 Å². The molecule has 0 spiro atoms. The van der Waals surface area contributed by atoms with Gasteiger partial charge in [-0.25, -0.2) is 0 Å². The van der Waals surface area contributed by atoms with Crippen LogP contribution in [0.1, 0.15) is 18.2 Å². The highest BCUT2D eigenvalue weighted by atomic mass is 32.2. The molecule has 8 nitrogen and oxygen atoms in total. The standard InChI is InChI=1S/C26H21N3O5S2/c1-2-33-17-11-9-16(10-12-17)27-21(30)15-28-20-8-4-3-7-19(20)22(24(28)31)23-25(32)29(26(35)36-23)14-18-6-5-13-34-18/h3-13H,2,14-15H2,1H3,(H,27,30). The van der Waals surface area contributed by atoms with Crippen LogP contribution in [0.3, 0.4) is 0 Å². The Hall–Kier alpha value is -3.89. The minimum absolute atomic E-state index is 0.179. The van der Waals surface area contributed by atoms with Gasteiger partial charge in [-0.05, 0) is 49.4 Å². The molecule has 182 valence electrons. The van der Waals surface area contributed by atoms with Gasteiger partial charge in [-0.1, -0.05) is 42.2 Å². The molecule has 5 rings (SSSR count). The number of rotatable bonds is 7. The Balaban J connectivity index is 1.38. The molecule has 2 aliphatic heterocycles. The fourth-order valence-electron chi connectivity index (χ4n) is 4.05. The van der Waals surface area contributed by atoms with Gasteiger partial charge in [-0.15, -0.1) is 0 Å². The molecule has 36 heavy (non-hydrogen) atoms. The first-order chi connectivity index (χ1) is 17.5. The van der Waals surface area contributed by atoms with E-state index in [1.807, 2.05) is 6.92 Å². The molecule has 1 aromatic heterocycles. The van der Waals surface area contributed by atoms with Crippen LogP contribution in [0, 0.1) is 0 Å². The van der Waals surface area contributed by atoms with Crippen LogP contribution >= 0.6 is 24.0 Å². The monoisotopic (exact) mass is 519 g/mol. The number of carbonyl (C=O) groups excluding carboxylic acids is 3. The smallest absolute Gasteiger partial charge is 0.267 e. The molecule has 0 saturated carbocycles. The van der Waals surface area contributed by atoms with Crippen LogP contribution in [0.2, 0.25) is 0 Å². The lowest BCUT2D eigenvalue weighted by Crippen LogP contribution is -2.35. The van der Waals surface area contributed by atoms with Crippen LogP contribution < -0.4 is 15.0 Å². The average molecular weight is 520 g/mol. The summed E-state index contributed by atoms with van der Waals surface area (Å²) in [5, 5.41) is 2.81. The number of hydrogen-bond donors (Lipinski definition) is 1. The second-order valence-corrected chi connectivity index (χ2v) is 9.60. The van der Waals surface area contributed by atoms with Gasteiger partial charge in [0.2, 0.25) is 5.91 Å². The number of hydrogen-bond acceptors (Lipinski definition) is 7. The molecule has 0 aliphatic carbocycles. The summed E-state index contributed by atoms with van der Waals surface area (Å²) in [5.41, 5.74) is 1.99. The fraction of sp³-hybridized carbons (Fsp3) is 0.154. The molecule has 0 unspecified atom stereocenters. The number of carbonyl (C=O) groups is 3. The lowest BCUT2D eigenvalue weighted by molar-refractivity contribution is -0.123. The zero-order valence-corrected chi connectivity index (χ0v) is 20.9. The summed E-state index contributed by atoms with van der Waals surface area (Å²) >= 11 is 6.52. The van der Waals surface area contributed by atoms with Gasteiger partial charge in [-0.3, -0.25) is 24.2 Å². The van der Waals surface area contributed by atoms with Crippen LogP contribution in [0.15, 0.2) is 76.2 Å². The number of anilines is 2. The van der Waals surface area contributed by atoms with Crippen LogP contribution in [0.25, 0.3) is 5.57 Å². The largest absolute Gasteiger partial charge is 0.494 e. The van der Waals surface area contributed by atoms with Gasteiger partial charge in [0, 0.05) is 11.3 Å². The van der Waals surface area contributed by atoms with Crippen molar-refractivity contribution in [1.29, 1.82) is 0 Å². The number of thioether (sulfide) groups is 1. The van der Waals surface area contributed by atoms with E-state index < -0.39 is 5.91 Å². The molecule has 0 atom stereocenters. The predicted octanol–water partition coefficient (Wildman–Crippen LogP) is 4.44. The Morgan fingerprint density at radius 3 is 2.53 bits per heavy atom. The predicted molar refractivity (Wildman–Crippen MR) is 141 cm³/mol. The van der Waals surface area contributed by atoms with E-state index in [2.05, 4.69) is 5.32 Å². The lowest BCUT2D eigenvalue weighted by atomic mass is 10.1. The summed E-state index contributed by atoms with van der Waals surface area (Å²) in [6.45, 7) is 2.41. The van der Waals surface area contributed by atoms with E-state index in [0.717, 1.165) is 11.8 Å². The highest BCUT2D eigenvalue weighted by Gasteiger charge is 2.42. The number of nitrogens with one attached hydrogen (secondary N) is 1. The van der Waals surface area contributed by atoms with Gasteiger partial charge in [0.25, 0.3) is 11.8 Å². The van der Waals surface area contributed by atoms with Gasteiger partial charge >= 0.3 is 0 Å². The Morgan fingerprint density at radius 1 is 1.03 bits per heavy atom. The Labute approximate surface area is 216 Å². The van der Waals surface area contributed by atoms with E-state index in [0.29, 0.717) is 39.4 Å². The summed E-state index contributed by atoms with van der Waals surface area (Å²) in [5.74, 6) is 0.141. The Morgan fingerprint density at radius 2 is 1.81 bits per heavy atom. The van der Waals surface area contributed by atoms with Crippen molar-refractivity contribution < 1.29 is 23.5 Å². The Kier molecular flexibility index (Phi) is 6.62. The summed E-state index contributed by atoms with van der Waals surface area (Å²) in [6.07, 6.45) is 1.53. The van der Waals surface area contributed by atoms with E-state index in [4.69, 9.17) is 21.4 Å². The lowest BCUT2D eigenvalue weighted by Gasteiger charge is -2.17. The molecule has 2 aromatic carbocycles. The molecule has 2 aliphatic rings. The van der Waals surface area contributed by atoms with Crippen LogP contribution in [0.4, 0.5) is 11.4 Å². The fourth-order valence-corrected chi connectivity index (χ4v) is 5.37. The molecular weight excluding hydrogens is 498 g/mol. The van der Waals surface area contributed by atoms with Crippen molar-refractivity contribution in [2.24, 2.45) is 0 Å². The van der Waals surface area contributed by atoms with Crippen molar-refractivity contribution in [3.05, 3.63) is 83.2 Å². The van der Waals surface area contributed by atoms with Crippen molar-refractivity contribution in [1.82, 2.24) is 4.90 Å². The van der Waals surface area contributed by atoms with E-state index in [1.165, 1.54) is 16.1 Å². The maximum absolute atomic E-state index is 13.6. The molecule has 1 saturated heterocycles. The normalized spacial score (nSPS) is 17.1. The van der Waals surface area contributed by atoms with Crippen molar-refractivity contribution in [2.75, 3.05) is 23.4 Å². The molecule has 3 amide bonds. The molecule has 0 radical (unpaired) electrons. The number of benzene rings is 2. The second-order valence-electron chi connectivity index (χ2n) is 7.96. The molecule has 1 fully saturated rings. The van der Waals surface area contributed by atoms with E-state index in [1.54, 1.807) is 60.7 Å². The van der Waals surface area contributed by atoms with Crippen molar-refractivity contribution in [2.45, 2.75) is 13.5 Å². The summed E-state index contributed by atoms with van der Waals surface area (Å²) in [6, 6.07) is 17.6. The number of thiocarbonyl (C=S) groups is 1. The van der Waals surface area contributed by atoms with Gasteiger partial charge in [-0.2, -0.15) is 0 Å². The van der Waals surface area contributed by atoms with E-state index >= 15 is 0 Å². The van der Waals surface area contributed by atoms with Crippen molar-refractivity contribution >= 4 is 63.0 Å². The first-order valence-electron chi connectivity index (χ1n) is 11.2. The minimum atomic E-state index is -0.420. The molecular formula is C26H21N3O5S2. The highest BCUT2D eigenvalue weighted by molar-refractivity contribution is 8.26. The van der Waals surface area contributed by atoms with Crippen LogP contribution in [-0.2, 0) is 20.9 Å². The van der Waals surface area contributed by atoms with E-state index in [-0.39, 0.29) is 35.4 Å². The van der Waals surface area contributed by atoms with Gasteiger partial charge < -0.3 is 14.5 Å². The quantitative estimate of drug-likeness (QED) is 0.365. The maximum atomic E-state index is 13.6. The first kappa shape index (κ1) is 23.8. The average Bonchev–Trinajstić information content (AvgIpc) is 3.55. The highest BCUT2D eigenvalue weighted by Crippen LogP contribution is 2.44. The second kappa shape index (κ2) is 10.00.